The third kappa shape index (κ3) is 6.89. The predicted octanol–water partition coefficient (Wildman–Crippen LogP) is 1.62. The molecule has 0 radical (unpaired) electrons. The Bertz CT molecular complexity index is 419. The third-order valence-electron chi connectivity index (χ3n) is 2.82. The lowest BCUT2D eigenvalue weighted by molar-refractivity contribution is -0.141. The molecular formula is C15H21NO4. The molecule has 1 aromatic rings. The van der Waals surface area contributed by atoms with Gasteiger partial charge in [-0.25, -0.2) is 0 Å². The van der Waals surface area contributed by atoms with Crippen molar-refractivity contribution in [2.75, 3.05) is 13.2 Å². The second-order valence-corrected chi connectivity index (χ2v) is 4.58. The number of ether oxygens (including phenoxy) is 1. The van der Waals surface area contributed by atoms with Crippen molar-refractivity contribution in [2.45, 2.75) is 32.2 Å². The smallest absolute Gasteiger partial charge is 0.325 e. The Kier molecular flexibility index (Phi) is 7.35. The standard InChI is InChI=1S/C15H21NO4/c1-12(15(18)19)16-14(17)8-5-10-20-11-9-13-6-3-2-4-7-13/h2-4,6-7,12H,5,8-11H2,1H3,(H,16,17)(H,18,19)/t12-/m0/s1. The highest BCUT2D eigenvalue weighted by Gasteiger charge is 2.13. The summed E-state index contributed by atoms with van der Waals surface area (Å²) >= 11 is 0. The average molecular weight is 279 g/mol. The Morgan fingerprint density at radius 3 is 2.60 bits per heavy atom. The van der Waals surface area contributed by atoms with Gasteiger partial charge in [0.25, 0.3) is 0 Å². The van der Waals surface area contributed by atoms with E-state index in [0.717, 1.165) is 6.42 Å². The van der Waals surface area contributed by atoms with Crippen LogP contribution in [0.4, 0.5) is 0 Å². The average Bonchev–Trinajstić information content (AvgIpc) is 2.43. The van der Waals surface area contributed by atoms with Gasteiger partial charge in [-0.1, -0.05) is 30.3 Å². The first-order valence-corrected chi connectivity index (χ1v) is 6.73. The van der Waals surface area contributed by atoms with Crippen LogP contribution in [0.1, 0.15) is 25.3 Å². The van der Waals surface area contributed by atoms with Crippen LogP contribution in [0.15, 0.2) is 30.3 Å². The molecular weight excluding hydrogens is 258 g/mol. The number of carbonyl (C=O) groups excluding carboxylic acids is 1. The number of carboxylic acid groups (broad SMARTS) is 1. The molecule has 2 N–H and O–H groups in total. The molecule has 1 rings (SSSR count). The first-order valence-electron chi connectivity index (χ1n) is 6.73. The monoisotopic (exact) mass is 279 g/mol. The van der Waals surface area contributed by atoms with E-state index in [2.05, 4.69) is 5.32 Å². The summed E-state index contributed by atoms with van der Waals surface area (Å²) in [7, 11) is 0. The highest BCUT2D eigenvalue weighted by Crippen LogP contribution is 2.00. The van der Waals surface area contributed by atoms with E-state index in [9.17, 15) is 9.59 Å². The topological polar surface area (TPSA) is 75.6 Å². The molecule has 0 fully saturated rings. The van der Waals surface area contributed by atoms with E-state index in [1.165, 1.54) is 12.5 Å². The molecule has 0 heterocycles. The summed E-state index contributed by atoms with van der Waals surface area (Å²) in [6, 6.07) is 9.20. The predicted molar refractivity (Wildman–Crippen MR) is 75.4 cm³/mol. The van der Waals surface area contributed by atoms with Crippen LogP contribution >= 0.6 is 0 Å². The van der Waals surface area contributed by atoms with Crippen LogP contribution in [0, 0.1) is 0 Å². The fraction of sp³-hybridized carbons (Fsp3) is 0.467. The van der Waals surface area contributed by atoms with Gasteiger partial charge in [0.2, 0.25) is 5.91 Å². The Hall–Kier alpha value is -1.88. The number of rotatable bonds is 9. The number of amides is 1. The highest BCUT2D eigenvalue weighted by molar-refractivity contribution is 5.83. The van der Waals surface area contributed by atoms with Crippen LogP contribution in [0.5, 0.6) is 0 Å². The van der Waals surface area contributed by atoms with Gasteiger partial charge in [-0.2, -0.15) is 0 Å². The normalized spacial score (nSPS) is 11.8. The third-order valence-corrected chi connectivity index (χ3v) is 2.82. The minimum absolute atomic E-state index is 0.258. The summed E-state index contributed by atoms with van der Waals surface area (Å²) in [5, 5.41) is 11.0. The second kappa shape index (κ2) is 9.09. The van der Waals surface area contributed by atoms with Crippen molar-refractivity contribution < 1.29 is 19.4 Å². The van der Waals surface area contributed by atoms with Crippen LogP contribution in [0.2, 0.25) is 0 Å². The van der Waals surface area contributed by atoms with E-state index in [1.807, 2.05) is 30.3 Å². The molecule has 0 unspecified atom stereocenters. The molecule has 0 bridgehead atoms. The summed E-state index contributed by atoms with van der Waals surface area (Å²) in [4.78, 5) is 21.9. The maximum Gasteiger partial charge on any atom is 0.325 e. The molecule has 5 nitrogen and oxygen atoms in total. The Balaban J connectivity index is 2.02. The summed E-state index contributed by atoms with van der Waals surface area (Å²) in [5.74, 6) is -1.29. The van der Waals surface area contributed by atoms with E-state index < -0.39 is 12.0 Å². The first-order chi connectivity index (χ1) is 9.59. The van der Waals surface area contributed by atoms with Crippen LogP contribution in [-0.4, -0.2) is 36.2 Å². The molecule has 1 aromatic carbocycles. The molecule has 20 heavy (non-hydrogen) atoms. The zero-order valence-corrected chi connectivity index (χ0v) is 11.7. The molecule has 110 valence electrons. The van der Waals surface area contributed by atoms with Crippen molar-refractivity contribution in [3.63, 3.8) is 0 Å². The Morgan fingerprint density at radius 1 is 1.25 bits per heavy atom. The molecule has 5 heteroatoms. The van der Waals surface area contributed by atoms with Crippen LogP contribution < -0.4 is 5.32 Å². The van der Waals surface area contributed by atoms with Crippen LogP contribution in [-0.2, 0) is 20.7 Å². The van der Waals surface area contributed by atoms with Crippen molar-refractivity contribution >= 4 is 11.9 Å². The fourth-order valence-corrected chi connectivity index (χ4v) is 1.65. The van der Waals surface area contributed by atoms with Crippen LogP contribution in [0.25, 0.3) is 0 Å². The van der Waals surface area contributed by atoms with E-state index >= 15 is 0 Å². The lowest BCUT2D eigenvalue weighted by Gasteiger charge is -2.09. The van der Waals surface area contributed by atoms with E-state index in [-0.39, 0.29) is 12.3 Å². The van der Waals surface area contributed by atoms with Gasteiger partial charge in [-0.05, 0) is 25.3 Å². The number of hydrogen-bond donors (Lipinski definition) is 2. The van der Waals surface area contributed by atoms with Crippen LogP contribution in [0.3, 0.4) is 0 Å². The zero-order valence-electron chi connectivity index (χ0n) is 11.7. The number of carboxylic acids is 1. The second-order valence-electron chi connectivity index (χ2n) is 4.58. The molecule has 1 amide bonds. The zero-order chi connectivity index (χ0) is 14.8. The molecule has 0 saturated carbocycles. The minimum Gasteiger partial charge on any atom is -0.480 e. The summed E-state index contributed by atoms with van der Waals surface area (Å²) in [6.45, 7) is 2.56. The van der Waals surface area contributed by atoms with E-state index in [1.54, 1.807) is 0 Å². The van der Waals surface area contributed by atoms with E-state index in [0.29, 0.717) is 19.6 Å². The number of hydrogen-bond acceptors (Lipinski definition) is 3. The van der Waals surface area contributed by atoms with Gasteiger partial charge in [0, 0.05) is 13.0 Å². The number of carbonyl (C=O) groups is 2. The highest BCUT2D eigenvalue weighted by atomic mass is 16.5. The quantitative estimate of drug-likeness (QED) is 0.673. The van der Waals surface area contributed by atoms with Gasteiger partial charge in [0.1, 0.15) is 6.04 Å². The van der Waals surface area contributed by atoms with Gasteiger partial charge in [-0.3, -0.25) is 9.59 Å². The lowest BCUT2D eigenvalue weighted by Crippen LogP contribution is -2.38. The van der Waals surface area contributed by atoms with Crippen molar-refractivity contribution in [3.8, 4) is 0 Å². The molecule has 0 aliphatic heterocycles. The van der Waals surface area contributed by atoms with Gasteiger partial charge in [0.05, 0.1) is 6.61 Å². The van der Waals surface area contributed by atoms with Gasteiger partial charge in [0.15, 0.2) is 0 Å². The van der Waals surface area contributed by atoms with Crippen molar-refractivity contribution in [3.05, 3.63) is 35.9 Å². The summed E-state index contributed by atoms with van der Waals surface area (Å²) < 4.78 is 5.44. The fourth-order valence-electron chi connectivity index (χ4n) is 1.65. The van der Waals surface area contributed by atoms with E-state index in [4.69, 9.17) is 9.84 Å². The van der Waals surface area contributed by atoms with Gasteiger partial charge >= 0.3 is 5.97 Å². The van der Waals surface area contributed by atoms with Gasteiger partial charge in [-0.15, -0.1) is 0 Å². The first kappa shape index (κ1) is 16.2. The maximum absolute atomic E-state index is 11.4. The number of benzene rings is 1. The minimum atomic E-state index is -1.03. The molecule has 0 aromatic heterocycles. The largest absolute Gasteiger partial charge is 0.480 e. The lowest BCUT2D eigenvalue weighted by atomic mass is 10.2. The molecule has 0 spiro atoms. The molecule has 1 atom stereocenters. The van der Waals surface area contributed by atoms with Gasteiger partial charge < -0.3 is 15.2 Å². The summed E-state index contributed by atoms with van der Waals surface area (Å²) in [6.07, 6.45) is 1.72. The molecule has 0 saturated heterocycles. The van der Waals surface area contributed by atoms with Crippen molar-refractivity contribution in [1.29, 1.82) is 0 Å². The number of aliphatic carboxylic acids is 1. The SMILES string of the molecule is C[C@H](NC(=O)CCCOCCc1ccccc1)C(=O)O. The number of nitrogens with one attached hydrogen (secondary N) is 1. The molecule has 0 aliphatic rings. The Labute approximate surface area is 118 Å². The van der Waals surface area contributed by atoms with Crippen molar-refractivity contribution in [1.82, 2.24) is 5.32 Å². The molecule has 0 aliphatic carbocycles. The summed E-state index contributed by atoms with van der Waals surface area (Å²) in [5.41, 5.74) is 1.22. The maximum atomic E-state index is 11.4. The van der Waals surface area contributed by atoms with Crippen molar-refractivity contribution in [2.24, 2.45) is 0 Å². The Morgan fingerprint density at radius 2 is 1.95 bits per heavy atom.